The molecule has 2 aromatic carbocycles. The fourth-order valence-corrected chi connectivity index (χ4v) is 4.24. The Morgan fingerprint density at radius 2 is 1.89 bits per heavy atom. The number of aromatic nitrogens is 2. The SMILES string of the molecule is Cn1ncc(C#N)c1-c1ccc(F)c(OC2CN(C(=O)N3N=CCC3c3cc(F)cc(F)c3)C2)c1. The lowest BCUT2D eigenvalue weighted by Gasteiger charge is -2.41. The Kier molecular flexibility index (Phi) is 5.64. The molecule has 1 saturated heterocycles. The predicted molar refractivity (Wildman–Crippen MR) is 119 cm³/mol. The van der Waals surface area contributed by atoms with Gasteiger partial charge in [0.25, 0.3) is 0 Å². The number of rotatable bonds is 4. The van der Waals surface area contributed by atoms with Crippen LogP contribution in [0.1, 0.15) is 23.6 Å². The molecule has 5 rings (SSSR count). The molecule has 1 fully saturated rings. The van der Waals surface area contributed by atoms with Crippen molar-refractivity contribution < 1.29 is 22.7 Å². The number of nitriles is 1. The normalized spacial score (nSPS) is 17.4. The molecular weight excluding hydrogens is 461 g/mol. The molecule has 1 atom stereocenters. The van der Waals surface area contributed by atoms with E-state index in [1.54, 1.807) is 7.05 Å². The molecule has 0 radical (unpaired) electrons. The Morgan fingerprint density at radius 1 is 1.14 bits per heavy atom. The summed E-state index contributed by atoms with van der Waals surface area (Å²) in [4.78, 5) is 14.4. The monoisotopic (exact) mass is 480 g/mol. The number of ether oxygens (including phenoxy) is 1. The van der Waals surface area contributed by atoms with Crippen molar-refractivity contribution in [3.05, 3.63) is 71.2 Å². The van der Waals surface area contributed by atoms with Crippen molar-refractivity contribution >= 4 is 12.2 Å². The number of aryl methyl sites for hydroxylation is 1. The van der Waals surface area contributed by atoms with Gasteiger partial charge >= 0.3 is 6.03 Å². The molecular formula is C24H19F3N6O2. The molecule has 11 heteroatoms. The van der Waals surface area contributed by atoms with Gasteiger partial charge in [-0.1, -0.05) is 0 Å². The molecule has 0 aliphatic carbocycles. The van der Waals surface area contributed by atoms with Crippen molar-refractivity contribution in [1.82, 2.24) is 19.7 Å². The Bertz CT molecular complexity index is 1360. The van der Waals surface area contributed by atoms with Crippen LogP contribution in [0.4, 0.5) is 18.0 Å². The number of nitrogens with zero attached hydrogens (tertiary/aromatic N) is 6. The van der Waals surface area contributed by atoms with E-state index in [1.807, 2.05) is 0 Å². The standard InChI is InChI=1S/C24H19F3N6O2/c1-31-23(16(10-28)11-30-31)14-2-3-20(27)22(8-14)35-19-12-32(13-19)24(34)33-21(4-5-29-33)15-6-17(25)9-18(26)7-15/h2-3,5-9,11,19,21H,4,12-13H2,1H3. The van der Waals surface area contributed by atoms with E-state index in [4.69, 9.17) is 4.74 Å². The zero-order valence-electron chi connectivity index (χ0n) is 18.5. The Balaban J connectivity index is 1.26. The van der Waals surface area contributed by atoms with Crippen LogP contribution in [-0.2, 0) is 7.05 Å². The minimum atomic E-state index is -0.728. The van der Waals surface area contributed by atoms with Crippen molar-refractivity contribution in [3.8, 4) is 23.1 Å². The van der Waals surface area contributed by atoms with Crippen molar-refractivity contribution in [2.24, 2.45) is 12.1 Å². The van der Waals surface area contributed by atoms with E-state index in [0.29, 0.717) is 28.8 Å². The highest BCUT2D eigenvalue weighted by Gasteiger charge is 2.39. The predicted octanol–water partition coefficient (Wildman–Crippen LogP) is 3.99. The van der Waals surface area contributed by atoms with E-state index in [2.05, 4.69) is 16.3 Å². The van der Waals surface area contributed by atoms with E-state index in [0.717, 1.165) is 6.07 Å². The van der Waals surface area contributed by atoms with Gasteiger partial charge in [0.05, 0.1) is 36.6 Å². The molecule has 1 aromatic heterocycles. The molecule has 2 amide bonds. The van der Waals surface area contributed by atoms with Gasteiger partial charge in [0.1, 0.15) is 23.8 Å². The minimum absolute atomic E-state index is 0.00278. The molecule has 178 valence electrons. The van der Waals surface area contributed by atoms with E-state index < -0.39 is 35.6 Å². The average molecular weight is 480 g/mol. The zero-order chi connectivity index (χ0) is 24.7. The highest BCUT2D eigenvalue weighted by Crippen LogP contribution is 2.33. The summed E-state index contributed by atoms with van der Waals surface area (Å²) >= 11 is 0. The summed E-state index contributed by atoms with van der Waals surface area (Å²) in [6.45, 7) is 0.377. The molecule has 3 aromatic rings. The highest BCUT2D eigenvalue weighted by molar-refractivity contribution is 5.79. The molecule has 2 aliphatic rings. The molecule has 2 aliphatic heterocycles. The fourth-order valence-electron chi connectivity index (χ4n) is 4.24. The molecule has 3 heterocycles. The number of halogens is 3. The lowest BCUT2D eigenvalue weighted by atomic mass is 10.0. The first-order chi connectivity index (χ1) is 16.8. The Morgan fingerprint density at radius 3 is 2.60 bits per heavy atom. The molecule has 1 unspecified atom stereocenters. The maximum absolute atomic E-state index is 14.4. The summed E-state index contributed by atoms with van der Waals surface area (Å²) in [7, 11) is 1.68. The number of benzene rings is 2. The number of hydrogen-bond donors (Lipinski definition) is 0. The summed E-state index contributed by atoms with van der Waals surface area (Å²) in [6.07, 6.45) is 2.83. The van der Waals surface area contributed by atoms with Crippen LogP contribution in [0.3, 0.4) is 0 Å². The highest BCUT2D eigenvalue weighted by atomic mass is 19.1. The first-order valence-corrected chi connectivity index (χ1v) is 10.8. The summed E-state index contributed by atoms with van der Waals surface area (Å²) in [5, 5.41) is 18.6. The maximum atomic E-state index is 14.4. The summed E-state index contributed by atoms with van der Waals surface area (Å²) in [6, 6.07) is 8.43. The molecule has 35 heavy (non-hydrogen) atoms. The number of likely N-dealkylation sites (tertiary alicyclic amines) is 1. The lowest BCUT2D eigenvalue weighted by molar-refractivity contribution is 0.0257. The van der Waals surface area contributed by atoms with Gasteiger partial charge in [-0.3, -0.25) is 4.68 Å². The van der Waals surface area contributed by atoms with Crippen LogP contribution in [0.25, 0.3) is 11.3 Å². The van der Waals surface area contributed by atoms with E-state index >= 15 is 0 Å². The van der Waals surface area contributed by atoms with Gasteiger partial charge in [-0.05, 0) is 35.9 Å². The third-order valence-electron chi connectivity index (χ3n) is 5.97. The van der Waals surface area contributed by atoms with Gasteiger partial charge in [-0.25, -0.2) is 23.0 Å². The third-order valence-corrected chi connectivity index (χ3v) is 5.97. The Labute approximate surface area is 198 Å². The second-order valence-electron chi connectivity index (χ2n) is 8.31. The fraction of sp³-hybridized carbons (Fsp3) is 0.250. The number of carbonyl (C=O) groups excluding carboxylic acids is 1. The largest absolute Gasteiger partial charge is 0.484 e. The van der Waals surface area contributed by atoms with E-state index in [1.165, 1.54) is 57.3 Å². The molecule has 8 nitrogen and oxygen atoms in total. The van der Waals surface area contributed by atoms with Crippen LogP contribution in [0.5, 0.6) is 5.75 Å². The van der Waals surface area contributed by atoms with Crippen molar-refractivity contribution in [2.75, 3.05) is 13.1 Å². The maximum Gasteiger partial charge on any atom is 0.341 e. The number of urea groups is 1. The van der Waals surface area contributed by atoms with Gasteiger partial charge < -0.3 is 9.64 Å². The molecule has 0 saturated carbocycles. The summed E-state index contributed by atoms with van der Waals surface area (Å²) in [5.41, 5.74) is 1.77. The Hall–Kier alpha value is -4.33. The first-order valence-electron chi connectivity index (χ1n) is 10.8. The van der Waals surface area contributed by atoms with Gasteiger partial charge in [0.2, 0.25) is 0 Å². The zero-order valence-corrected chi connectivity index (χ0v) is 18.5. The minimum Gasteiger partial charge on any atom is -0.484 e. The van der Waals surface area contributed by atoms with Crippen LogP contribution in [0, 0.1) is 28.8 Å². The van der Waals surface area contributed by atoms with E-state index in [9.17, 15) is 23.2 Å². The molecule has 0 spiro atoms. The molecule has 0 N–H and O–H groups in total. The number of hydrogen-bond acceptors (Lipinski definition) is 5. The van der Waals surface area contributed by atoms with Gasteiger partial charge in [-0.15, -0.1) is 0 Å². The summed E-state index contributed by atoms with van der Waals surface area (Å²) < 4.78 is 49.1. The smallest absolute Gasteiger partial charge is 0.341 e. The average Bonchev–Trinajstić information content (AvgIpc) is 3.43. The van der Waals surface area contributed by atoms with Gasteiger partial charge in [-0.2, -0.15) is 15.5 Å². The second-order valence-corrected chi connectivity index (χ2v) is 8.31. The van der Waals surface area contributed by atoms with Crippen LogP contribution < -0.4 is 4.74 Å². The molecule has 0 bridgehead atoms. The van der Waals surface area contributed by atoms with Crippen molar-refractivity contribution in [1.29, 1.82) is 5.26 Å². The lowest BCUT2D eigenvalue weighted by Crippen LogP contribution is -2.58. The quantitative estimate of drug-likeness (QED) is 0.565. The number of amides is 2. The van der Waals surface area contributed by atoms with Gasteiger partial charge in [0, 0.05) is 31.3 Å². The number of carbonyl (C=O) groups is 1. The second kappa shape index (κ2) is 8.79. The van der Waals surface area contributed by atoms with Crippen molar-refractivity contribution in [2.45, 2.75) is 18.6 Å². The first kappa shape index (κ1) is 22.5. The van der Waals surface area contributed by atoms with E-state index in [-0.39, 0.29) is 18.8 Å². The van der Waals surface area contributed by atoms with Crippen LogP contribution in [0.15, 0.2) is 47.7 Å². The van der Waals surface area contributed by atoms with Gasteiger partial charge in [0.15, 0.2) is 11.6 Å². The van der Waals surface area contributed by atoms with Crippen LogP contribution in [-0.4, -0.2) is 51.1 Å². The van der Waals surface area contributed by atoms with Crippen molar-refractivity contribution in [3.63, 3.8) is 0 Å². The van der Waals surface area contributed by atoms with Crippen LogP contribution in [0.2, 0.25) is 0 Å². The number of hydrazone groups is 1. The summed E-state index contributed by atoms with van der Waals surface area (Å²) in [5.74, 6) is -2.03. The van der Waals surface area contributed by atoms with Crippen LogP contribution >= 0.6 is 0 Å². The third kappa shape index (κ3) is 4.19. The topological polar surface area (TPSA) is 86.8 Å².